The molecule has 0 saturated carbocycles. The highest BCUT2D eigenvalue weighted by atomic mass is 32.2. The largest absolute Gasteiger partial charge is 0.351 e. The second kappa shape index (κ2) is 9.43. The lowest BCUT2D eigenvalue weighted by atomic mass is 9.72. The molecule has 2 unspecified atom stereocenters. The second-order valence-corrected chi connectivity index (χ2v) is 12.1. The fourth-order valence-corrected chi connectivity index (χ4v) is 7.49. The Balaban J connectivity index is 1.19. The number of amides is 2. The number of hydrogen-bond acceptors (Lipinski definition) is 10. The van der Waals surface area contributed by atoms with E-state index in [9.17, 15) is 14.4 Å². The number of carbonyl (C=O) groups excluding carboxylic acids is 1. The molecule has 1 spiro atoms. The van der Waals surface area contributed by atoms with Gasteiger partial charge in [-0.15, -0.1) is 5.10 Å². The molecule has 4 aliphatic rings. The summed E-state index contributed by atoms with van der Waals surface area (Å²) in [6.07, 6.45) is 2.60. The van der Waals surface area contributed by atoms with Crippen molar-refractivity contribution in [2.75, 3.05) is 38.1 Å². The van der Waals surface area contributed by atoms with Gasteiger partial charge in [-0.3, -0.25) is 4.99 Å². The number of nitriles is 1. The van der Waals surface area contributed by atoms with E-state index < -0.39 is 0 Å². The van der Waals surface area contributed by atoms with E-state index in [1.165, 1.54) is 23.5 Å². The van der Waals surface area contributed by atoms with Gasteiger partial charge >= 0.3 is 6.03 Å². The number of aliphatic imine (C=N–C) groups is 1. The Hall–Kier alpha value is -3.37. The number of halogens is 1. The van der Waals surface area contributed by atoms with E-state index in [2.05, 4.69) is 17.9 Å². The third kappa shape index (κ3) is 4.16. The zero-order valence-electron chi connectivity index (χ0n) is 21.2. The monoisotopic (exact) mass is 553 g/mol. The number of primary amides is 1. The molecule has 2 atom stereocenters. The normalized spacial score (nSPS) is 23.6. The summed E-state index contributed by atoms with van der Waals surface area (Å²) in [7, 11) is 1.96. The highest BCUT2D eigenvalue weighted by Crippen LogP contribution is 2.45. The number of thiazole rings is 1. The summed E-state index contributed by atoms with van der Waals surface area (Å²) >= 11 is 2.92. The van der Waals surface area contributed by atoms with E-state index in [0.29, 0.717) is 34.4 Å². The van der Waals surface area contributed by atoms with Crippen LogP contribution < -0.4 is 10.6 Å². The van der Waals surface area contributed by atoms with Gasteiger partial charge in [0.05, 0.1) is 6.04 Å². The summed E-state index contributed by atoms with van der Waals surface area (Å²) in [6.45, 7) is 5.37. The van der Waals surface area contributed by atoms with Crippen LogP contribution in [-0.2, 0) is 0 Å². The Bertz CT molecular complexity index is 1350. The third-order valence-corrected chi connectivity index (χ3v) is 9.90. The molecule has 0 aliphatic carbocycles. The number of amidine groups is 2. The number of rotatable bonds is 4. The Morgan fingerprint density at radius 1 is 1.26 bits per heavy atom. The van der Waals surface area contributed by atoms with E-state index in [0.717, 1.165) is 42.7 Å². The molecule has 2 N–H and O–H groups in total. The van der Waals surface area contributed by atoms with Gasteiger partial charge in [0.2, 0.25) is 0 Å². The number of nitrogens with zero attached hydrogens (tertiary/aromatic N) is 8. The van der Waals surface area contributed by atoms with Gasteiger partial charge in [0, 0.05) is 44.2 Å². The number of piperidine rings is 1. The molecule has 2 amide bonds. The van der Waals surface area contributed by atoms with Crippen LogP contribution in [0.3, 0.4) is 0 Å². The first-order valence-corrected chi connectivity index (χ1v) is 14.3. The van der Waals surface area contributed by atoms with Crippen molar-refractivity contribution in [1.29, 1.82) is 5.26 Å². The van der Waals surface area contributed by atoms with Gasteiger partial charge in [-0.1, -0.05) is 18.3 Å². The number of likely N-dealkylation sites (N-methyl/N-ethyl adjacent to an activating group) is 1. The Kier molecular flexibility index (Phi) is 6.19. The smallest absolute Gasteiger partial charge is 0.314 e. The van der Waals surface area contributed by atoms with Crippen LogP contribution in [-0.4, -0.2) is 81.6 Å². The maximum absolute atomic E-state index is 13.5. The zero-order chi connectivity index (χ0) is 26.6. The molecule has 6 rings (SSSR count). The number of aromatic nitrogens is 1. The zero-order valence-corrected chi connectivity index (χ0v) is 22.8. The molecule has 2 fully saturated rings. The average molecular weight is 554 g/mol. The Morgan fingerprint density at radius 2 is 1.97 bits per heavy atom. The van der Waals surface area contributed by atoms with E-state index in [1.807, 2.05) is 17.0 Å². The quantitative estimate of drug-likeness (QED) is 0.616. The standard InChI is InChI=1S/C25H28FN9OS2/c1-3-17-20(32(2)22-30-19(18(12-27)37-22)15-4-6-16(26)7-5-15)35-23(29-17)38-24(31-35)34-13-25(14-34)8-10-33(11-9-25)21(28)36/h4-7,17,20H,3,8-11,13-14H2,1-2H3,(H2,28,36). The van der Waals surface area contributed by atoms with Gasteiger partial charge in [-0.2, -0.15) is 5.26 Å². The van der Waals surface area contributed by atoms with Crippen LogP contribution in [0.5, 0.6) is 0 Å². The SMILES string of the molecule is CCC1N=C2SC(N3CC4(CCN(C(N)=O)CC4)C3)=NN2C1N(C)c1nc(-c2ccc(F)cc2)c(C#N)s1. The van der Waals surface area contributed by atoms with Gasteiger partial charge in [0.1, 0.15) is 28.6 Å². The molecule has 1 aromatic heterocycles. The van der Waals surface area contributed by atoms with E-state index in [-0.39, 0.29) is 29.5 Å². The molecule has 13 heteroatoms. The molecule has 10 nitrogen and oxygen atoms in total. The minimum atomic E-state index is -0.335. The number of nitrogens with two attached hydrogens (primary N) is 1. The maximum atomic E-state index is 13.5. The summed E-state index contributed by atoms with van der Waals surface area (Å²) in [4.78, 5) is 27.8. The molecule has 38 heavy (non-hydrogen) atoms. The molecule has 198 valence electrons. The number of urea groups is 1. The minimum absolute atomic E-state index is 0.0115. The topological polar surface area (TPSA) is 117 Å². The maximum Gasteiger partial charge on any atom is 0.314 e. The van der Waals surface area contributed by atoms with Gasteiger partial charge in [0.25, 0.3) is 0 Å². The fourth-order valence-electron chi connectivity index (χ4n) is 5.63. The van der Waals surface area contributed by atoms with Crippen molar-refractivity contribution in [2.24, 2.45) is 21.2 Å². The molecule has 1 aromatic carbocycles. The predicted octanol–water partition coefficient (Wildman–Crippen LogP) is 3.53. The number of benzene rings is 1. The number of hydrazone groups is 1. The highest BCUT2D eigenvalue weighted by molar-refractivity contribution is 8.26. The van der Waals surface area contributed by atoms with Crippen LogP contribution in [0.25, 0.3) is 11.3 Å². The van der Waals surface area contributed by atoms with Crippen LogP contribution in [0.1, 0.15) is 31.1 Å². The first-order valence-electron chi connectivity index (χ1n) is 12.6. The van der Waals surface area contributed by atoms with Crippen molar-refractivity contribution in [2.45, 2.75) is 38.4 Å². The summed E-state index contributed by atoms with van der Waals surface area (Å²) in [5, 5.41) is 19.3. The number of hydrogen-bond donors (Lipinski definition) is 1. The van der Waals surface area contributed by atoms with Crippen LogP contribution in [0.2, 0.25) is 0 Å². The highest BCUT2D eigenvalue weighted by Gasteiger charge is 2.50. The lowest BCUT2D eigenvalue weighted by Gasteiger charge is -2.54. The van der Waals surface area contributed by atoms with E-state index >= 15 is 0 Å². The summed E-state index contributed by atoms with van der Waals surface area (Å²) in [5.41, 5.74) is 6.93. The third-order valence-electron chi connectivity index (χ3n) is 7.85. The number of fused-ring (bicyclic) bond motifs is 1. The van der Waals surface area contributed by atoms with Crippen molar-refractivity contribution in [3.63, 3.8) is 0 Å². The van der Waals surface area contributed by atoms with Gasteiger partial charge in [-0.05, 0) is 55.3 Å². The predicted molar refractivity (Wildman–Crippen MR) is 147 cm³/mol. The second-order valence-electron chi connectivity index (χ2n) is 10.2. The average Bonchev–Trinajstić information content (AvgIpc) is 3.59. The molecule has 2 aromatic rings. The van der Waals surface area contributed by atoms with Crippen LogP contribution in [0.15, 0.2) is 34.4 Å². The van der Waals surface area contributed by atoms with E-state index in [4.69, 9.17) is 20.8 Å². The van der Waals surface area contributed by atoms with E-state index in [1.54, 1.807) is 28.8 Å². The summed E-state index contributed by atoms with van der Waals surface area (Å²) in [5.74, 6) is -0.328. The Morgan fingerprint density at radius 3 is 2.61 bits per heavy atom. The number of carbonyl (C=O) groups is 1. The number of likely N-dealkylation sites (tertiary alicyclic amines) is 2. The Labute approximate surface area is 228 Å². The number of thioether (sulfide) groups is 1. The van der Waals surface area contributed by atoms with Crippen molar-refractivity contribution < 1.29 is 9.18 Å². The first-order chi connectivity index (χ1) is 18.3. The lowest BCUT2D eigenvalue weighted by molar-refractivity contribution is 0.00477. The first kappa shape index (κ1) is 24.9. The van der Waals surface area contributed by atoms with Crippen molar-refractivity contribution in [3.05, 3.63) is 35.0 Å². The van der Waals surface area contributed by atoms with Gasteiger partial charge in [-0.25, -0.2) is 19.2 Å². The van der Waals surface area contributed by atoms with Crippen LogP contribution in [0.4, 0.5) is 14.3 Å². The lowest BCUT2D eigenvalue weighted by Crippen LogP contribution is -2.62. The van der Waals surface area contributed by atoms with Gasteiger partial charge in [0.15, 0.2) is 15.5 Å². The molecular formula is C25H28FN9OS2. The van der Waals surface area contributed by atoms with Crippen LogP contribution >= 0.6 is 23.1 Å². The van der Waals surface area contributed by atoms with Crippen LogP contribution in [0, 0.1) is 22.6 Å². The molecule has 0 bridgehead atoms. The molecule has 4 aliphatic heterocycles. The van der Waals surface area contributed by atoms with Crippen molar-refractivity contribution in [3.8, 4) is 17.3 Å². The summed E-state index contributed by atoms with van der Waals surface area (Å²) in [6, 6.07) is 7.97. The molecular weight excluding hydrogens is 525 g/mol. The van der Waals surface area contributed by atoms with Crippen molar-refractivity contribution in [1.82, 2.24) is 19.8 Å². The molecule has 5 heterocycles. The molecule has 2 saturated heterocycles. The summed E-state index contributed by atoms with van der Waals surface area (Å²) < 4.78 is 13.5. The van der Waals surface area contributed by atoms with Crippen molar-refractivity contribution >= 4 is 44.6 Å². The molecule has 0 radical (unpaired) electrons. The number of anilines is 1. The minimum Gasteiger partial charge on any atom is -0.351 e. The fraction of sp³-hybridized carbons (Fsp3) is 0.480. The van der Waals surface area contributed by atoms with Gasteiger partial charge < -0.3 is 20.4 Å².